The van der Waals surface area contributed by atoms with Crippen LogP contribution >= 0.6 is 0 Å². The molecule has 1 atom stereocenters. The molecule has 0 fully saturated rings. The smallest absolute Gasteiger partial charge is 0.335 e. The Morgan fingerprint density at radius 1 is 1.32 bits per heavy atom. The number of aromatic amines is 1. The van der Waals surface area contributed by atoms with Crippen LogP contribution in [-0.4, -0.2) is 45.3 Å². The first-order valence-corrected chi connectivity index (χ1v) is 6.27. The van der Waals surface area contributed by atoms with Gasteiger partial charge < -0.3 is 25.7 Å². The van der Waals surface area contributed by atoms with Gasteiger partial charge in [-0.05, 0) is 24.3 Å². The Morgan fingerprint density at radius 2 is 1.95 bits per heavy atom. The number of nitrogens with zero attached hydrogens (tertiary/aromatic N) is 1. The van der Waals surface area contributed by atoms with E-state index in [1.807, 2.05) is 0 Å². The van der Waals surface area contributed by atoms with Crippen LogP contribution in [0.15, 0.2) is 36.8 Å². The summed E-state index contributed by atoms with van der Waals surface area (Å²) >= 11 is 0. The van der Waals surface area contributed by atoms with E-state index in [0.717, 1.165) is 0 Å². The normalized spacial score (nSPS) is 11.0. The van der Waals surface area contributed by atoms with E-state index in [9.17, 15) is 9.59 Å². The molecule has 0 aliphatic rings. The molecule has 8 heteroatoms. The number of ether oxygens (including phenoxy) is 1. The number of carboxylic acids is 2. The lowest BCUT2D eigenvalue weighted by atomic mass is 10.2. The summed E-state index contributed by atoms with van der Waals surface area (Å²) in [6, 6.07) is 5.37. The fourth-order valence-electron chi connectivity index (χ4n) is 1.45. The molecule has 1 heterocycles. The van der Waals surface area contributed by atoms with Crippen molar-refractivity contribution >= 4 is 11.9 Å². The molecule has 0 unspecified atom stereocenters. The van der Waals surface area contributed by atoms with Crippen LogP contribution in [0.2, 0.25) is 0 Å². The lowest BCUT2D eigenvalue weighted by Crippen LogP contribution is -2.32. The topological polar surface area (TPSA) is 139 Å². The molecule has 0 bridgehead atoms. The van der Waals surface area contributed by atoms with Crippen molar-refractivity contribution in [1.82, 2.24) is 9.97 Å². The molecule has 1 aromatic heterocycles. The average molecular weight is 307 g/mol. The summed E-state index contributed by atoms with van der Waals surface area (Å²) in [6.45, 7) is 0. The Bertz CT molecular complexity index is 595. The largest absolute Gasteiger partial charge is 0.497 e. The van der Waals surface area contributed by atoms with E-state index in [4.69, 9.17) is 20.7 Å². The van der Waals surface area contributed by atoms with E-state index in [0.29, 0.717) is 11.4 Å². The summed E-state index contributed by atoms with van der Waals surface area (Å²) in [6.07, 6.45) is 3.38. The highest BCUT2D eigenvalue weighted by molar-refractivity contribution is 5.87. The summed E-state index contributed by atoms with van der Waals surface area (Å²) in [4.78, 5) is 27.2. The van der Waals surface area contributed by atoms with Crippen molar-refractivity contribution in [2.75, 3.05) is 7.11 Å². The van der Waals surface area contributed by atoms with Crippen molar-refractivity contribution in [2.24, 2.45) is 5.73 Å². The highest BCUT2D eigenvalue weighted by Gasteiger charge is 2.12. The molecular weight excluding hydrogens is 290 g/mol. The van der Waals surface area contributed by atoms with Crippen LogP contribution in [0.25, 0.3) is 0 Å². The van der Waals surface area contributed by atoms with Gasteiger partial charge in [0, 0.05) is 12.6 Å². The number of hydrogen-bond donors (Lipinski definition) is 4. The quantitative estimate of drug-likeness (QED) is 0.639. The number of hydrogen-bond acceptors (Lipinski definition) is 5. The highest BCUT2D eigenvalue weighted by Crippen LogP contribution is 2.10. The minimum Gasteiger partial charge on any atom is -0.497 e. The average Bonchev–Trinajstić information content (AvgIpc) is 3.00. The Labute approximate surface area is 126 Å². The van der Waals surface area contributed by atoms with Gasteiger partial charge >= 0.3 is 11.9 Å². The molecule has 2 rings (SSSR count). The van der Waals surface area contributed by atoms with Gasteiger partial charge in [-0.25, -0.2) is 9.78 Å². The second-order valence-electron chi connectivity index (χ2n) is 4.24. The molecule has 2 aromatic rings. The maximum absolute atomic E-state index is 10.4. The van der Waals surface area contributed by atoms with Gasteiger partial charge in [0.25, 0.3) is 0 Å². The van der Waals surface area contributed by atoms with Gasteiger partial charge in [-0.3, -0.25) is 4.79 Å². The summed E-state index contributed by atoms with van der Waals surface area (Å²) < 4.78 is 4.86. The Balaban J connectivity index is 0.000000220. The molecule has 1 aromatic carbocycles. The zero-order valence-corrected chi connectivity index (χ0v) is 11.9. The number of imidazole rings is 1. The fourth-order valence-corrected chi connectivity index (χ4v) is 1.45. The van der Waals surface area contributed by atoms with Crippen LogP contribution in [0.1, 0.15) is 16.1 Å². The number of rotatable bonds is 5. The SMILES string of the molecule is COc1ccc(C(=O)O)cc1.N[C@@H](Cc1c[nH]cn1)C(=O)O. The lowest BCUT2D eigenvalue weighted by molar-refractivity contribution is -0.138. The third-order valence-electron chi connectivity index (χ3n) is 2.64. The number of carbonyl (C=O) groups is 2. The van der Waals surface area contributed by atoms with Crippen LogP contribution in [0.5, 0.6) is 5.75 Å². The number of nitrogens with two attached hydrogens (primary N) is 1. The maximum atomic E-state index is 10.4. The van der Waals surface area contributed by atoms with Crippen LogP contribution in [0.3, 0.4) is 0 Å². The molecule has 0 aliphatic heterocycles. The summed E-state index contributed by atoms with van der Waals surface area (Å²) in [5.41, 5.74) is 6.19. The molecule has 0 amide bonds. The molecule has 22 heavy (non-hydrogen) atoms. The first-order valence-electron chi connectivity index (χ1n) is 6.27. The number of aromatic nitrogens is 2. The number of aliphatic carboxylic acids is 1. The standard InChI is InChI=1S/C8H8O3.C6H9N3O2/c1-11-7-4-2-6(3-5-7)8(9)10;7-5(6(10)11)1-4-2-8-3-9-4/h2-5H,1H3,(H,9,10);2-3,5H,1,7H2,(H,8,9)(H,10,11)/t;5-/m.0/s1. The molecule has 0 saturated heterocycles. The van der Waals surface area contributed by atoms with Gasteiger partial charge in [0.05, 0.1) is 24.7 Å². The molecule has 8 nitrogen and oxygen atoms in total. The zero-order chi connectivity index (χ0) is 16.5. The predicted octanol–water partition coefficient (Wildman–Crippen LogP) is 0.757. The molecule has 118 valence electrons. The minimum atomic E-state index is -1.01. The lowest BCUT2D eigenvalue weighted by Gasteiger charge is -2.01. The Morgan fingerprint density at radius 3 is 2.36 bits per heavy atom. The van der Waals surface area contributed by atoms with E-state index in [1.54, 1.807) is 18.3 Å². The molecule has 5 N–H and O–H groups in total. The predicted molar refractivity (Wildman–Crippen MR) is 77.9 cm³/mol. The number of H-pyrrole nitrogens is 1. The number of methoxy groups -OCH3 is 1. The van der Waals surface area contributed by atoms with Crippen molar-refractivity contribution < 1.29 is 24.5 Å². The molecule has 0 spiro atoms. The Hall–Kier alpha value is -2.87. The van der Waals surface area contributed by atoms with Crippen molar-refractivity contribution in [3.63, 3.8) is 0 Å². The van der Waals surface area contributed by atoms with Crippen LogP contribution in [0, 0.1) is 0 Å². The minimum absolute atomic E-state index is 0.263. The van der Waals surface area contributed by atoms with Crippen molar-refractivity contribution in [3.8, 4) is 5.75 Å². The van der Waals surface area contributed by atoms with E-state index in [-0.39, 0.29) is 12.0 Å². The van der Waals surface area contributed by atoms with E-state index < -0.39 is 18.0 Å². The van der Waals surface area contributed by atoms with Crippen LogP contribution in [-0.2, 0) is 11.2 Å². The second kappa shape index (κ2) is 8.42. The van der Waals surface area contributed by atoms with E-state index >= 15 is 0 Å². The van der Waals surface area contributed by atoms with Gasteiger partial charge in [0.1, 0.15) is 11.8 Å². The van der Waals surface area contributed by atoms with Gasteiger partial charge in [0.15, 0.2) is 0 Å². The number of nitrogens with one attached hydrogen (secondary N) is 1. The third kappa shape index (κ3) is 5.63. The number of aromatic carboxylic acids is 1. The van der Waals surface area contributed by atoms with Crippen LogP contribution in [0.4, 0.5) is 0 Å². The van der Waals surface area contributed by atoms with Crippen molar-refractivity contribution in [3.05, 3.63) is 48.0 Å². The van der Waals surface area contributed by atoms with Crippen LogP contribution < -0.4 is 10.5 Å². The maximum Gasteiger partial charge on any atom is 0.335 e. The summed E-state index contributed by atoms with van der Waals surface area (Å²) in [7, 11) is 1.54. The number of benzene rings is 1. The Kier molecular flexibility index (Phi) is 6.58. The fraction of sp³-hybridized carbons (Fsp3) is 0.214. The first kappa shape index (κ1) is 17.2. The first-order chi connectivity index (χ1) is 10.4. The van der Waals surface area contributed by atoms with Gasteiger partial charge in [-0.2, -0.15) is 0 Å². The monoisotopic (exact) mass is 307 g/mol. The van der Waals surface area contributed by atoms with Gasteiger partial charge in [-0.15, -0.1) is 0 Å². The molecule has 0 radical (unpaired) electrons. The highest BCUT2D eigenvalue weighted by atomic mass is 16.5. The van der Waals surface area contributed by atoms with Gasteiger partial charge in [0.2, 0.25) is 0 Å². The van der Waals surface area contributed by atoms with Crippen molar-refractivity contribution in [1.29, 1.82) is 0 Å². The van der Waals surface area contributed by atoms with E-state index in [1.165, 1.54) is 25.6 Å². The summed E-state index contributed by atoms with van der Waals surface area (Å²) in [5.74, 6) is -1.27. The molecule has 0 aliphatic carbocycles. The van der Waals surface area contributed by atoms with Gasteiger partial charge in [-0.1, -0.05) is 0 Å². The summed E-state index contributed by atoms with van der Waals surface area (Å²) in [5, 5.41) is 16.9. The molecular formula is C14H17N3O5. The molecule has 0 saturated carbocycles. The second-order valence-corrected chi connectivity index (χ2v) is 4.24. The van der Waals surface area contributed by atoms with Crippen molar-refractivity contribution in [2.45, 2.75) is 12.5 Å². The number of carboxylic acid groups (broad SMARTS) is 2. The zero-order valence-electron chi connectivity index (χ0n) is 11.9. The van der Waals surface area contributed by atoms with E-state index in [2.05, 4.69) is 9.97 Å². The third-order valence-corrected chi connectivity index (χ3v) is 2.64.